The Morgan fingerprint density at radius 1 is 1.00 bits per heavy atom. The van der Waals surface area contributed by atoms with Gasteiger partial charge in [0.2, 0.25) is 24.2 Å². The molecule has 2 heterocycles. The van der Waals surface area contributed by atoms with Gasteiger partial charge in [-0.25, -0.2) is 4.79 Å². The molecule has 0 fully saturated rings. The maximum atomic E-state index is 13.3. The molecule has 0 spiro atoms. The smallest absolute Gasteiger partial charge is 0.343 e. The molecule has 0 saturated carbocycles. The monoisotopic (exact) mass is 569 g/mol. The molecule has 1 aromatic heterocycles. The standard InChI is InChI=1S/C30H35NO10/c1-6-37-22-9-8-18(13-23(22)38-7-2)10-11-31-25(33)15-19(26-21(32)12-17(3)41-30(26)34)20-14-24(35-4)28-29(27(20)36-5)40-16-39-28/h8-9,12-14,19,32H,6-7,10-11,15-16H2,1-5H3,(H,31,33)/t19-/m1/s1. The second-order valence-corrected chi connectivity index (χ2v) is 9.21. The zero-order valence-electron chi connectivity index (χ0n) is 23.8. The summed E-state index contributed by atoms with van der Waals surface area (Å²) < 4.78 is 38.9. The van der Waals surface area contributed by atoms with Crippen molar-refractivity contribution in [1.82, 2.24) is 5.32 Å². The summed E-state index contributed by atoms with van der Waals surface area (Å²) in [5, 5.41) is 13.7. The number of carbonyl (C=O) groups is 1. The van der Waals surface area contributed by atoms with Gasteiger partial charge in [0.25, 0.3) is 0 Å². The number of carbonyl (C=O) groups excluding carboxylic acids is 1. The third-order valence-electron chi connectivity index (χ3n) is 6.56. The fraction of sp³-hybridized carbons (Fsp3) is 0.400. The number of methoxy groups -OCH3 is 2. The SMILES string of the molecule is CCOc1ccc(CCNC(=O)C[C@H](c2cc(OC)c3c(c2OC)OCO3)c2c(O)cc(C)oc2=O)cc1OCC. The molecule has 1 aliphatic heterocycles. The first-order chi connectivity index (χ1) is 19.8. The van der Waals surface area contributed by atoms with E-state index in [-0.39, 0.29) is 47.7 Å². The minimum Gasteiger partial charge on any atom is -0.507 e. The predicted octanol–water partition coefficient (Wildman–Crippen LogP) is 4.08. The molecule has 11 nitrogen and oxygen atoms in total. The van der Waals surface area contributed by atoms with Gasteiger partial charge in [-0.2, -0.15) is 0 Å². The van der Waals surface area contributed by atoms with Crippen molar-refractivity contribution < 1.29 is 42.7 Å². The van der Waals surface area contributed by atoms with Crippen LogP contribution in [0.15, 0.2) is 39.5 Å². The molecular weight excluding hydrogens is 534 g/mol. The van der Waals surface area contributed by atoms with Crippen molar-refractivity contribution in [2.24, 2.45) is 0 Å². The van der Waals surface area contributed by atoms with Crippen LogP contribution in [0.1, 0.15) is 48.6 Å². The molecule has 0 saturated heterocycles. The largest absolute Gasteiger partial charge is 0.507 e. The van der Waals surface area contributed by atoms with E-state index in [0.717, 1.165) is 5.56 Å². The van der Waals surface area contributed by atoms with Crippen molar-refractivity contribution in [2.45, 2.75) is 39.5 Å². The molecule has 4 rings (SSSR count). The Morgan fingerprint density at radius 3 is 2.41 bits per heavy atom. The number of hydrogen-bond donors (Lipinski definition) is 2. The molecule has 3 aromatic rings. The van der Waals surface area contributed by atoms with E-state index in [0.29, 0.717) is 54.7 Å². The highest BCUT2D eigenvalue weighted by molar-refractivity contribution is 5.78. The summed E-state index contributed by atoms with van der Waals surface area (Å²) in [5.74, 6) is 1.14. The molecule has 0 bridgehead atoms. The lowest BCUT2D eigenvalue weighted by atomic mass is 9.87. The fourth-order valence-electron chi connectivity index (χ4n) is 4.80. The molecule has 11 heteroatoms. The number of aromatic hydroxyl groups is 1. The van der Waals surface area contributed by atoms with Gasteiger partial charge in [0.1, 0.15) is 11.5 Å². The van der Waals surface area contributed by atoms with Crippen LogP contribution in [0.3, 0.4) is 0 Å². The molecular formula is C30H35NO10. The first kappa shape index (κ1) is 29.4. The minimum absolute atomic E-state index is 0.0505. The normalized spacial score (nSPS) is 12.5. The van der Waals surface area contributed by atoms with Gasteiger partial charge < -0.3 is 43.3 Å². The van der Waals surface area contributed by atoms with Crippen LogP contribution in [0, 0.1) is 6.92 Å². The summed E-state index contributed by atoms with van der Waals surface area (Å²) in [5.41, 5.74) is 0.491. The Kier molecular flexibility index (Phi) is 9.49. The van der Waals surface area contributed by atoms with Gasteiger partial charge >= 0.3 is 5.63 Å². The summed E-state index contributed by atoms with van der Waals surface area (Å²) in [6, 6.07) is 8.60. The van der Waals surface area contributed by atoms with E-state index in [1.807, 2.05) is 32.0 Å². The predicted molar refractivity (Wildman–Crippen MR) is 149 cm³/mol. The first-order valence-electron chi connectivity index (χ1n) is 13.3. The van der Waals surface area contributed by atoms with Crippen molar-refractivity contribution in [3.05, 3.63) is 63.2 Å². The number of benzene rings is 2. The van der Waals surface area contributed by atoms with Gasteiger partial charge in [-0.1, -0.05) is 6.07 Å². The van der Waals surface area contributed by atoms with Crippen LogP contribution < -0.4 is 39.4 Å². The van der Waals surface area contributed by atoms with Gasteiger partial charge in [-0.05, 0) is 51.0 Å². The summed E-state index contributed by atoms with van der Waals surface area (Å²) in [6.07, 6.45) is 0.329. The third-order valence-corrected chi connectivity index (χ3v) is 6.56. The Labute approximate surface area is 237 Å². The highest BCUT2D eigenvalue weighted by Gasteiger charge is 2.34. The quantitative estimate of drug-likeness (QED) is 0.310. The Bertz CT molecular complexity index is 1450. The molecule has 2 N–H and O–H groups in total. The molecule has 220 valence electrons. The lowest BCUT2D eigenvalue weighted by Crippen LogP contribution is -2.29. The van der Waals surface area contributed by atoms with E-state index < -0.39 is 11.5 Å². The summed E-state index contributed by atoms with van der Waals surface area (Å²) in [4.78, 5) is 26.3. The topological polar surface area (TPSA) is 135 Å². The number of amides is 1. The summed E-state index contributed by atoms with van der Waals surface area (Å²) in [6.45, 7) is 6.64. The van der Waals surface area contributed by atoms with E-state index in [1.165, 1.54) is 20.3 Å². The van der Waals surface area contributed by atoms with Crippen molar-refractivity contribution in [2.75, 3.05) is 40.8 Å². The maximum Gasteiger partial charge on any atom is 0.343 e. The summed E-state index contributed by atoms with van der Waals surface area (Å²) in [7, 11) is 2.90. The first-order valence-corrected chi connectivity index (χ1v) is 13.3. The van der Waals surface area contributed by atoms with Crippen LogP contribution in [0.5, 0.6) is 40.2 Å². The van der Waals surface area contributed by atoms with Crippen molar-refractivity contribution in [1.29, 1.82) is 0 Å². The molecule has 0 radical (unpaired) electrons. The Balaban J connectivity index is 1.61. The third kappa shape index (κ3) is 6.45. The fourth-order valence-corrected chi connectivity index (χ4v) is 4.80. The van der Waals surface area contributed by atoms with Crippen LogP contribution in [0.2, 0.25) is 0 Å². The van der Waals surface area contributed by atoms with Crippen LogP contribution in [0.4, 0.5) is 0 Å². The lowest BCUT2D eigenvalue weighted by molar-refractivity contribution is -0.121. The maximum absolute atomic E-state index is 13.3. The van der Waals surface area contributed by atoms with E-state index in [1.54, 1.807) is 13.0 Å². The number of ether oxygens (including phenoxy) is 6. The molecule has 0 aliphatic carbocycles. The highest BCUT2D eigenvalue weighted by Crippen LogP contribution is 2.52. The van der Waals surface area contributed by atoms with Gasteiger partial charge in [0, 0.05) is 30.5 Å². The molecule has 41 heavy (non-hydrogen) atoms. The average Bonchev–Trinajstić information content (AvgIpc) is 3.43. The molecule has 1 amide bonds. The van der Waals surface area contributed by atoms with Gasteiger partial charge in [0.05, 0.1) is 33.0 Å². The zero-order chi connectivity index (χ0) is 29.5. The van der Waals surface area contributed by atoms with Gasteiger partial charge in [0.15, 0.2) is 23.0 Å². The summed E-state index contributed by atoms with van der Waals surface area (Å²) >= 11 is 0. The van der Waals surface area contributed by atoms with Crippen LogP contribution in [-0.4, -0.2) is 51.8 Å². The average molecular weight is 570 g/mol. The Morgan fingerprint density at radius 2 is 1.73 bits per heavy atom. The van der Waals surface area contributed by atoms with E-state index >= 15 is 0 Å². The number of aryl methyl sites for hydroxylation is 1. The number of fused-ring (bicyclic) bond motifs is 1. The minimum atomic E-state index is -0.958. The van der Waals surface area contributed by atoms with Crippen molar-refractivity contribution in [3.8, 4) is 40.2 Å². The van der Waals surface area contributed by atoms with Gasteiger partial charge in [-0.15, -0.1) is 0 Å². The van der Waals surface area contributed by atoms with Gasteiger partial charge in [-0.3, -0.25) is 4.79 Å². The highest BCUT2D eigenvalue weighted by atomic mass is 16.7. The second kappa shape index (κ2) is 13.2. The number of rotatable bonds is 13. The van der Waals surface area contributed by atoms with E-state index in [9.17, 15) is 14.7 Å². The molecule has 0 unspecified atom stereocenters. The molecule has 1 aliphatic rings. The number of nitrogens with one attached hydrogen (secondary N) is 1. The zero-order valence-corrected chi connectivity index (χ0v) is 23.8. The van der Waals surface area contributed by atoms with Crippen LogP contribution >= 0.6 is 0 Å². The van der Waals surface area contributed by atoms with E-state index in [4.69, 9.17) is 32.8 Å². The van der Waals surface area contributed by atoms with Crippen molar-refractivity contribution >= 4 is 5.91 Å². The number of hydrogen-bond acceptors (Lipinski definition) is 10. The van der Waals surface area contributed by atoms with Crippen molar-refractivity contribution in [3.63, 3.8) is 0 Å². The lowest BCUT2D eigenvalue weighted by Gasteiger charge is -2.22. The molecule has 2 aromatic carbocycles. The van der Waals surface area contributed by atoms with Crippen LogP contribution in [-0.2, 0) is 11.2 Å². The van der Waals surface area contributed by atoms with E-state index in [2.05, 4.69) is 5.32 Å². The second-order valence-electron chi connectivity index (χ2n) is 9.21. The Hall–Kier alpha value is -4.54. The molecule has 1 atom stereocenters. The van der Waals surface area contributed by atoms with Crippen LogP contribution in [0.25, 0.3) is 0 Å².